The zero-order chi connectivity index (χ0) is 19.0. The molecule has 1 heterocycles. The molecule has 0 atom stereocenters. The van der Waals surface area contributed by atoms with Gasteiger partial charge in [-0.1, -0.05) is 54.1 Å². The van der Waals surface area contributed by atoms with Gasteiger partial charge in [0.05, 0.1) is 12.2 Å². The van der Waals surface area contributed by atoms with Gasteiger partial charge in [-0.25, -0.2) is 4.39 Å². The number of benzene rings is 3. The van der Waals surface area contributed by atoms with Crippen molar-refractivity contribution in [3.05, 3.63) is 110 Å². The number of halogens is 2. The monoisotopic (exact) mass is 380 g/mol. The first kappa shape index (κ1) is 17.2. The first-order valence-electron chi connectivity index (χ1n) is 8.29. The van der Waals surface area contributed by atoms with E-state index in [-0.39, 0.29) is 17.1 Å². The van der Waals surface area contributed by atoms with Gasteiger partial charge >= 0.3 is 11.1 Å². The SMILES string of the molecule is O=c1c(=O)n(-c2cccc3ccccc23)ccn1Cc1c(F)cccc1Cl. The van der Waals surface area contributed by atoms with E-state index >= 15 is 0 Å². The molecule has 4 rings (SSSR count). The van der Waals surface area contributed by atoms with E-state index in [0.717, 1.165) is 15.3 Å². The summed E-state index contributed by atoms with van der Waals surface area (Å²) in [5.74, 6) is -0.521. The van der Waals surface area contributed by atoms with Crippen LogP contribution in [0.3, 0.4) is 0 Å². The van der Waals surface area contributed by atoms with Gasteiger partial charge < -0.3 is 4.57 Å². The van der Waals surface area contributed by atoms with E-state index in [1.807, 2.05) is 36.4 Å². The van der Waals surface area contributed by atoms with Crippen LogP contribution in [0.15, 0.2) is 82.6 Å². The minimum atomic E-state index is -0.746. The molecule has 0 bridgehead atoms. The molecule has 0 amide bonds. The fourth-order valence-electron chi connectivity index (χ4n) is 3.09. The lowest BCUT2D eigenvalue weighted by Crippen LogP contribution is -2.40. The summed E-state index contributed by atoms with van der Waals surface area (Å²) in [4.78, 5) is 25.3. The second kappa shape index (κ2) is 6.85. The molecule has 1 aromatic heterocycles. The van der Waals surface area contributed by atoms with E-state index in [1.165, 1.54) is 29.1 Å². The maximum absolute atomic E-state index is 14.0. The van der Waals surface area contributed by atoms with Crippen molar-refractivity contribution < 1.29 is 4.39 Å². The molecule has 0 spiro atoms. The molecule has 0 aliphatic rings. The van der Waals surface area contributed by atoms with Crippen LogP contribution >= 0.6 is 11.6 Å². The first-order chi connectivity index (χ1) is 13.1. The van der Waals surface area contributed by atoms with Gasteiger partial charge in [-0.15, -0.1) is 0 Å². The second-order valence-electron chi connectivity index (χ2n) is 6.10. The summed E-state index contributed by atoms with van der Waals surface area (Å²) >= 11 is 6.03. The van der Waals surface area contributed by atoms with E-state index in [9.17, 15) is 14.0 Å². The number of nitrogens with zero attached hydrogens (tertiary/aromatic N) is 2. The van der Waals surface area contributed by atoms with Crippen LogP contribution in [0.25, 0.3) is 16.5 Å². The van der Waals surface area contributed by atoms with E-state index in [1.54, 1.807) is 12.1 Å². The Morgan fingerprint density at radius 1 is 0.852 bits per heavy atom. The van der Waals surface area contributed by atoms with Gasteiger partial charge in [0.2, 0.25) is 0 Å². The molecule has 27 heavy (non-hydrogen) atoms. The lowest BCUT2D eigenvalue weighted by molar-refractivity contribution is 0.593. The van der Waals surface area contributed by atoms with Crippen molar-refractivity contribution in [2.75, 3.05) is 0 Å². The third kappa shape index (κ3) is 3.06. The van der Waals surface area contributed by atoms with E-state index in [0.29, 0.717) is 5.69 Å². The van der Waals surface area contributed by atoms with E-state index in [4.69, 9.17) is 11.6 Å². The minimum Gasteiger partial charge on any atom is -0.305 e. The smallest absolute Gasteiger partial charge is 0.305 e. The van der Waals surface area contributed by atoms with Gasteiger partial charge in [0.1, 0.15) is 5.82 Å². The topological polar surface area (TPSA) is 44.0 Å². The zero-order valence-electron chi connectivity index (χ0n) is 14.1. The largest absolute Gasteiger partial charge is 0.321 e. The molecule has 134 valence electrons. The molecular weight excluding hydrogens is 367 g/mol. The van der Waals surface area contributed by atoms with E-state index < -0.39 is 16.9 Å². The Morgan fingerprint density at radius 2 is 1.59 bits per heavy atom. The first-order valence-corrected chi connectivity index (χ1v) is 8.67. The Balaban J connectivity index is 1.84. The summed E-state index contributed by atoms with van der Waals surface area (Å²) in [5.41, 5.74) is -0.666. The molecule has 0 aliphatic heterocycles. The van der Waals surface area contributed by atoms with Crippen molar-refractivity contribution >= 4 is 22.4 Å². The standard InChI is InChI=1S/C21H14ClFN2O2/c22-17-8-4-9-18(23)16(17)13-24-11-12-25(21(27)20(24)26)19-10-3-6-14-5-1-2-7-15(14)19/h1-12H,13H2. The number of hydrogen-bond acceptors (Lipinski definition) is 2. The molecule has 0 saturated carbocycles. The van der Waals surface area contributed by atoms with Gasteiger partial charge in [0.25, 0.3) is 0 Å². The predicted molar refractivity (Wildman–Crippen MR) is 104 cm³/mol. The summed E-state index contributed by atoms with van der Waals surface area (Å²) in [6, 6.07) is 17.5. The van der Waals surface area contributed by atoms with Crippen LogP contribution < -0.4 is 11.1 Å². The van der Waals surface area contributed by atoms with Crippen LogP contribution in [0.2, 0.25) is 5.02 Å². The third-order valence-corrected chi connectivity index (χ3v) is 4.83. The van der Waals surface area contributed by atoms with Crippen LogP contribution in [0.5, 0.6) is 0 Å². The highest BCUT2D eigenvalue weighted by atomic mass is 35.5. The predicted octanol–water partition coefficient (Wildman–Crippen LogP) is 3.99. The summed E-state index contributed by atoms with van der Waals surface area (Å²) in [6.45, 7) is -0.115. The van der Waals surface area contributed by atoms with Crippen molar-refractivity contribution in [2.24, 2.45) is 0 Å². The van der Waals surface area contributed by atoms with Gasteiger partial charge in [-0.2, -0.15) is 0 Å². The van der Waals surface area contributed by atoms with Crippen LogP contribution in [0.1, 0.15) is 5.56 Å². The second-order valence-corrected chi connectivity index (χ2v) is 6.51. The molecule has 0 fully saturated rings. The normalized spacial score (nSPS) is 11.0. The average Bonchev–Trinajstić information content (AvgIpc) is 2.68. The molecule has 6 heteroatoms. The molecule has 4 nitrogen and oxygen atoms in total. The lowest BCUT2D eigenvalue weighted by Gasteiger charge is -2.12. The summed E-state index contributed by atoms with van der Waals surface area (Å²) in [5, 5.41) is 2.03. The van der Waals surface area contributed by atoms with E-state index in [2.05, 4.69) is 0 Å². The quantitative estimate of drug-likeness (QED) is 0.504. The van der Waals surface area contributed by atoms with Gasteiger partial charge in [-0.3, -0.25) is 14.2 Å². The Bertz CT molecular complexity index is 1250. The average molecular weight is 381 g/mol. The minimum absolute atomic E-state index is 0.115. The maximum Gasteiger partial charge on any atom is 0.321 e. The number of fused-ring (bicyclic) bond motifs is 1. The highest BCUT2D eigenvalue weighted by molar-refractivity contribution is 6.31. The lowest BCUT2D eigenvalue weighted by atomic mass is 10.1. The molecule has 4 aromatic rings. The van der Waals surface area contributed by atoms with Crippen LogP contribution in [-0.4, -0.2) is 9.13 Å². The Hall–Kier alpha value is -3.18. The molecule has 0 aliphatic carbocycles. The summed E-state index contributed by atoms with van der Waals surface area (Å²) in [7, 11) is 0. The fraction of sp³-hybridized carbons (Fsp3) is 0.0476. The van der Waals surface area contributed by atoms with Crippen LogP contribution in [-0.2, 0) is 6.54 Å². The fourth-order valence-corrected chi connectivity index (χ4v) is 3.32. The van der Waals surface area contributed by atoms with Crippen molar-refractivity contribution in [1.82, 2.24) is 9.13 Å². The molecule has 0 radical (unpaired) electrons. The van der Waals surface area contributed by atoms with Crippen molar-refractivity contribution in [1.29, 1.82) is 0 Å². The molecule has 0 unspecified atom stereocenters. The Morgan fingerprint density at radius 3 is 2.41 bits per heavy atom. The molecule has 0 saturated heterocycles. The summed E-state index contributed by atoms with van der Waals surface area (Å²) in [6.07, 6.45) is 2.98. The van der Waals surface area contributed by atoms with Crippen molar-refractivity contribution in [3.63, 3.8) is 0 Å². The molecule has 3 aromatic carbocycles. The molecular formula is C21H14ClFN2O2. The zero-order valence-corrected chi connectivity index (χ0v) is 14.9. The van der Waals surface area contributed by atoms with Crippen molar-refractivity contribution in [3.8, 4) is 5.69 Å². The van der Waals surface area contributed by atoms with Crippen LogP contribution in [0, 0.1) is 5.82 Å². The summed E-state index contributed by atoms with van der Waals surface area (Å²) < 4.78 is 16.5. The van der Waals surface area contributed by atoms with Crippen LogP contribution in [0.4, 0.5) is 4.39 Å². The highest BCUT2D eigenvalue weighted by Crippen LogP contribution is 2.21. The van der Waals surface area contributed by atoms with Gasteiger partial charge in [0.15, 0.2) is 0 Å². The Labute approximate surface area is 158 Å². The van der Waals surface area contributed by atoms with Gasteiger partial charge in [-0.05, 0) is 23.6 Å². The van der Waals surface area contributed by atoms with Gasteiger partial charge in [0, 0.05) is 28.4 Å². The van der Waals surface area contributed by atoms with Crippen molar-refractivity contribution in [2.45, 2.75) is 6.54 Å². The number of hydrogen-bond donors (Lipinski definition) is 0. The number of aromatic nitrogens is 2. The number of rotatable bonds is 3. The molecule has 0 N–H and O–H groups in total. The highest BCUT2D eigenvalue weighted by Gasteiger charge is 2.12. The third-order valence-electron chi connectivity index (χ3n) is 4.47. The maximum atomic E-state index is 14.0. The Kier molecular flexibility index (Phi) is 4.38.